The second kappa shape index (κ2) is 9.83. The molecule has 27 heavy (non-hydrogen) atoms. The van der Waals surface area contributed by atoms with E-state index in [0.717, 1.165) is 5.56 Å². The number of halogens is 1. The van der Waals surface area contributed by atoms with Crippen molar-refractivity contribution >= 4 is 23.5 Å². The van der Waals surface area contributed by atoms with Gasteiger partial charge in [-0.25, -0.2) is 0 Å². The summed E-state index contributed by atoms with van der Waals surface area (Å²) in [5.41, 5.74) is 1.64. The van der Waals surface area contributed by atoms with E-state index in [1.165, 1.54) is 19.1 Å². The number of methoxy groups -OCH3 is 2. The molecule has 1 amide bonds. The second-order valence-corrected chi connectivity index (χ2v) is 6.34. The molecule has 2 aromatic carbocycles. The van der Waals surface area contributed by atoms with Gasteiger partial charge in [0.05, 0.1) is 20.6 Å². The van der Waals surface area contributed by atoms with Crippen LogP contribution in [0.2, 0.25) is 5.02 Å². The lowest BCUT2D eigenvalue weighted by Crippen LogP contribution is -2.31. The van der Waals surface area contributed by atoms with E-state index in [0.29, 0.717) is 28.6 Å². The SMILES string of the molecule is COc1ccc(CC(=O)OCC(=O)N(C)Cc2ccc(Cl)cc2)cc1OC. The number of likely N-dealkylation sites (N-methyl/N-ethyl adjacent to an activating group) is 1. The van der Waals surface area contributed by atoms with Gasteiger partial charge in [0, 0.05) is 18.6 Å². The van der Waals surface area contributed by atoms with Crippen LogP contribution in [-0.4, -0.2) is 44.7 Å². The van der Waals surface area contributed by atoms with Crippen LogP contribution in [0.4, 0.5) is 0 Å². The molecule has 0 radical (unpaired) electrons. The summed E-state index contributed by atoms with van der Waals surface area (Å²) < 4.78 is 15.5. The minimum Gasteiger partial charge on any atom is -0.493 e. The summed E-state index contributed by atoms with van der Waals surface area (Å²) in [6.45, 7) is 0.0967. The molecule has 0 fully saturated rings. The van der Waals surface area contributed by atoms with Gasteiger partial charge >= 0.3 is 5.97 Å². The summed E-state index contributed by atoms with van der Waals surface area (Å²) in [5.74, 6) is 0.330. The Morgan fingerprint density at radius 3 is 2.22 bits per heavy atom. The van der Waals surface area contributed by atoms with Crippen molar-refractivity contribution in [2.24, 2.45) is 0 Å². The zero-order chi connectivity index (χ0) is 19.8. The van der Waals surface area contributed by atoms with Gasteiger partial charge in [-0.3, -0.25) is 9.59 Å². The van der Waals surface area contributed by atoms with Crippen molar-refractivity contribution in [3.63, 3.8) is 0 Å². The third-order valence-electron chi connectivity index (χ3n) is 3.91. The highest BCUT2D eigenvalue weighted by Crippen LogP contribution is 2.27. The molecule has 0 unspecified atom stereocenters. The van der Waals surface area contributed by atoms with E-state index in [-0.39, 0.29) is 18.9 Å². The van der Waals surface area contributed by atoms with Crippen molar-refractivity contribution < 1.29 is 23.8 Å². The highest BCUT2D eigenvalue weighted by Gasteiger charge is 2.14. The minimum absolute atomic E-state index is 0.0362. The lowest BCUT2D eigenvalue weighted by molar-refractivity contribution is -0.151. The first-order valence-corrected chi connectivity index (χ1v) is 8.65. The van der Waals surface area contributed by atoms with Gasteiger partial charge in [-0.15, -0.1) is 0 Å². The first-order valence-electron chi connectivity index (χ1n) is 8.28. The van der Waals surface area contributed by atoms with Crippen molar-refractivity contribution in [2.75, 3.05) is 27.9 Å². The van der Waals surface area contributed by atoms with Crippen LogP contribution in [0.15, 0.2) is 42.5 Å². The molecular formula is C20H22ClNO5. The molecule has 6 nitrogen and oxygen atoms in total. The smallest absolute Gasteiger partial charge is 0.310 e. The molecule has 0 bridgehead atoms. The Hall–Kier alpha value is -2.73. The number of benzene rings is 2. The molecule has 0 spiro atoms. The predicted molar refractivity (Wildman–Crippen MR) is 102 cm³/mol. The largest absolute Gasteiger partial charge is 0.493 e. The van der Waals surface area contributed by atoms with Gasteiger partial charge in [-0.1, -0.05) is 29.8 Å². The predicted octanol–water partition coefficient (Wildman–Crippen LogP) is 3.10. The van der Waals surface area contributed by atoms with Gasteiger partial charge < -0.3 is 19.1 Å². The number of nitrogens with zero attached hydrogens (tertiary/aromatic N) is 1. The number of ether oxygens (including phenoxy) is 3. The van der Waals surface area contributed by atoms with Gasteiger partial charge in [-0.05, 0) is 35.4 Å². The fourth-order valence-electron chi connectivity index (χ4n) is 2.41. The monoisotopic (exact) mass is 391 g/mol. The highest BCUT2D eigenvalue weighted by atomic mass is 35.5. The summed E-state index contributed by atoms with van der Waals surface area (Å²) in [7, 11) is 4.71. The Morgan fingerprint density at radius 1 is 0.963 bits per heavy atom. The van der Waals surface area contributed by atoms with E-state index in [4.69, 9.17) is 25.8 Å². The highest BCUT2D eigenvalue weighted by molar-refractivity contribution is 6.30. The lowest BCUT2D eigenvalue weighted by Gasteiger charge is -2.17. The van der Waals surface area contributed by atoms with Crippen LogP contribution in [0.25, 0.3) is 0 Å². The van der Waals surface area contributed by atoms with Crippen LogP contribution < -0.4 is 9.47 Å². The van der Waals surface area contributed by atoms with E-state index >= 15 is 0 Å². The number of rotatable bonds is 8. The number of carbonyl (C=O) groups excluding carboxylic acids is 2. The van der Waals surface area contributed by atoms with Gasteiger partial charge in [0.2, 0.25) is 0 Å². The zero-order valence-corrected chi connectivity index (χ0v) is 16.3. The van der Waals surface area contributed by atoms with Crippen LogP contribution in [0.1, 0.15) is 11.1 Å². The fraction of sp³-hybridized carbons (Fsp3) is 0.300. The number of hydrogen-bond donors (Lipinski definition) is 0. The van der Waals surface area contributed by atoms with Crippen molar-refractivity contribution in [3.05, 3.63) is 58.6 Å². The average Bonchev–Trinajstić information content (AvgIpc) is 2.67. The number of carbonyl (C=O) groups is 2. The summed E-state index contributed by atoms with van der Waals surface area (Å²) in [4.78, 5) is 25.6. The minimum atomic E-state index is -0.490. The fourth-order valence-corrected chi connectivity index (χ4v) is 2.54. The molecule has 2 aromatic rings. The maximum Gasteiger partial charge on any atom is 0.310 e. The van der Waals surface area contributed by atoms with Crippen LogP contribution >= 0.6 is 11.6 Å². The number of hydrogen-bond acceptors (Lipinski definition) is 5. The molecule has 0 N–H and O–H groups in total. The van der Waals surface area contributed by atoms with Crippen LogP contribution in [0.3, 0.4) is 0 Å². The first kappa shape index (κ1) is 20.6. The van der Waals surface area contributed by atoms with Gasteiger partial charge in [0.15, 0.2) is 18.1 Å². The van der Waals surface area contributed by atoms with Crippen molar-refractivity contribution in [3.8, 4) is 11.5 Å². The van der Waals surface area contributed by atoms with Crippen LogP contribution in [0.5, 0.6) is 11.5 Å². The lowest BCUT2D eigenvalue weighted by atomic mass is 10.1. The van der Waals surface area contributed by atoms with Gasteiger partial charge in [0.1, 0.15) is 0 Å². The van der Waals surface area contributed by atoms with E-state index < -0.39 is 5.97 Å². The molecule has 0 aliphatic rings. The molecule has 0 aliphatic carbocycles. The number of esters is 1. The van der Waals surface area contributed by atoms with Gasteiger partial charge in [-0.2, -0.15) is 0 Å². The quantitative estimate of drug-likeness (QED) is 0.647. The molecule has 144 valence electrons. The standard InChI is InChI=1S/C20H22ClNO5/c1-22(12-14-4-7-16(21)8-5-14)19(23)13-27-20(24)11-15-6-9-17(25-2)18(10-15)26-3/h4-10H,11-13H2,1-3H3. The molecule has 0 saturated carbocycles. The normalized spacial score (nSPS) is 10.2. The van der Waals surface area contributed by atoms with Gasteiger partial charge in [0.25, 0.3) is 5.91 Å². The molecule has 0 saturated heterocycles. The third-order valence-corrected chi connectivity index (χ3v) is 4.16. The Kier molecular flexibility index (Phi) is 7.49. The average molecular weight is 392 g/mol. The molecule has 0 aromatic heterocycles. The van der Waals surface area contributed by atoms with E-state index in [1.54, 1.807) is 37.4 Å². The molecule has 0 heterocycles. The summed E-state index contributed by atoms with van der Waals surface area (Å²) in [5, 5.41) is 0.636. The Morgan fingerprint density at radius 2 is 1.59 bits per heavy atom. The molecule has 2 rings (SSSR count). The van der Waals surface area contributed by atoms with Crippen molar-refractivity contribution in [1.82, 2.24) is 4.90 Å². The summed E-state index contributed by atoms with van der Waals surface area (Å²) >= 11 is 5.84. The molecule has 0 atom stereocenters. The summed E-state index contributed by atoms with van der Waals surface area (Å²) in [6, 6.07) is 12.4. The first-order chi connectivity index (χ1) is 12.9. The van der Waals surface area contributed by atoms with Crippen molar-refractivity contribution in [2.45, 2.75) is 13.0 Å². The maximum atomic E-state index is 12.1. The maximum absolute atomic E-state index is 12.1. The Bertz CT molecular complexity index is 791. The van der Waals surface area contributed by atoms with Crippen LogP contribution in [-0.2, 0) is 27.3 Å². The van der Waals surface area contributed by atoms with E-state index in [1.807, 2.05) is 12.1 Å². The Balaban J connectivity index is 1.83. The molecular weight excluding hydrogens is 370 g/mol. The van der Waals surface area contributed by atoms with E-state index in [2.05, 4.69) is 0 Å². The Labute approximate surface area is 163 Å². The zero-order valence-electron chi connectivity index (χ0n) is 15.5. The van der Waals surface area contributed by atoms with Crippen molar-refractivity contribution in [1.29, 1.82) is 0 Å². The topological polar surface area (TPSA) is 65.1 Å². The van der Waals surface area contributed by atoms with Crippen LogP contribution in [0, 0.1) is 0 Å². The second-order valence-electron chi connectivity index (χ2n) is 5.90. The third kappa shape index (κ3) is 6.18. The molecule has 7 heteroatoms. The summed E-state index contributed by atoms with van der Waals surface area (Å²) in [6.07, 6.45) is 0.0362. The van der Waals surface area contributed by atoms with E-state index in [9.17, 15) is 9.59 Å². The number of amides is 1. The molecule has 0 aliphatic heterocycles.